The van der Waals surface area contributed by atoms with E-state index in [1.807, 2.05) is 7.05 Å². The van der Waals surface area contributed by atoms with Gasteiger partial charge in [0.25, 0.3) is 0 Å². The third-order valence-electron chi connectivity index (χ3n) is 2.48. The standard InChI is InChI=1S/C12H16Cl3NO/c1-8(16-2)4-3-5-17-12-10(14)6-9(13)7-11(12)15/h6-8,16H,3-5H2,1-2H3. The maximum absolute atomic E-state index is 6.00. The molecule has 0 aliphatic carbocycles. The average molecular weight is 297 g/mol. The summed E-state index contributed by atoms with van der Waals surface area (Å²) in [5, 5.41) is 4.58. The first-order chi connectivity index (χ1) is 8.04. The fourth-order valence-corrected chi connectivity index (χ4v) is 2.30. The summed E-state index contributed by atoms with van der Waals surface area (Å²) < 4.78 is 5.57. The van der Waals surface area contributed by atoms with Gasteiger partial charge in [0.15, 0.2) is 5.75 Å². The SMILES string of the molecule is CNC(C)CCCOc1c(Cl)cc(Cl)cc1Cl. The molecule has 0 fully saturated rings. The molecular weight excluding hydrogens is 280 g/mol. The van der Waals surface area contributed by atoms with Gasteiger partial charge in [-0.3, -0.25) is 0 Å². The van der Waals surface area contributed by atoms with E-state index in [9.17, 15) is 0 Å². The van der Waals surface area contributed by atoms with Gasteiger partial charge in [-0.1, -0.05) is 34.8 Å². The van der Waals surface area contributed by atoms with Gasteiger partial charge in [-0.2, -0.15) is 0 Å². The van der Waals surface area contributed by atoms with Crippen LogP contribution in [0.2, 0.25) is 15.1 Å². The molecule has 0 amide bonds. The van der Waals surface area contributed by atoms with E-state index in [1.165, 1.54) is 0 Å². The molecular formula is C12H16Cl3NO. The molecule has 2 nitrogen and oxygen atoms in total. The van der Waals surface area contributed by atoms with Crippen molar-refractivity contribution in [1.29, 1.82) is 0 Å². The van der Waals surface area contributed by atoms with Crippen LogP contribution in [0.5, 0.6) is 5.75 Å². The van der Waals surface area contributed by atoms with Crippen molar-refractivity contribution < 1.29 is 4.74 Å². The first kappa shape index (κ1) is 14.9. The van der Waals surface area contributed by atoms with Gasteiger partial charge < -0.3 is 10.1 Å². The van der Waals surface area contributed by atoms with Crippen molar-refractivity contribution in [3.63, 3.8) is 0 Å². The molecule has 0 saturated carbocycles. The van der Waals surface area contributed by atoms with E-state index in [4.69, 9.17) is 39.5 Å². The maximum atomic E-state index is 6.00. The van der Waals surface area contributed by atoms with Crippen molar-refractivity contribution in [2.45, 2.75) is 25.8 Å². The largest absolute Gasteiger partial charge is 0.490 e. The normalized spacial score (nSPS) is 12.5. The Bertz CT molecular complexity index is 348. The number of halogens is 3. The second kappa shape index (κ2) is 7.32. The molecule has 0 saturated heterocycles. The van der Waals surface area contributed by atoms with Crippen molar-refractivity contribution in [1.82, 2.24) is 5.32 Å². The molecule has 0 radical (unpaired) electrons. The molecule has 1 rings (SSSR count). The van der Waals surface area contributed by atoms with E-state index in [2.05, 4.69) is 12.2 Å². The molecule has 0 aromatic heterocycles. The molecule has 0 heterocycles. The van der Waals surface area contributed by atoms with Crippen LogP contribution in [0.25, 0.3) is 0 Å². The van der Waals surface area contributed by atoms with Gasteiger partial charge in [0.1, 0.15) is 0 Å². The van der Waals surface area contributed by atoms with Gasteiger partial charge in [0, 0.05) is 11.1 Å². The first-order valence-corrected chi connectivity index (χ1v) is 6.62. The number of ether oxygens (including phenoxy) is 1. The number of hydrogen-bond acceptors (Lipinski definition) is 2. The summed E-state index contributed by atoms with van der Waals surface area (Å²) in [5.41, 5.74) is 0. The number of rotatable bonds is 6. The summed E-state index contributed by atoms with van der Waals surface area (Å²) >= 11 is 17.8. The molecule has 0 spiro atoms. The molecule has 1 N–H and O–H groups in total. The summed E-state index contributed by atoms with van der Waals surface area (Å²) in [6, 6.07) is 3.73. The van der Waals surface area contributed by atoms with Crippen LogP contribution in [0.3, 0.4) is 0 Å². The van der Waals surface area contributed by atoms with Crippen molar-refractivity contribution in [3.05, 3.63) is 27.2 Å². The smallest absolute Gasteiger partial charge is 0.156 e. The summed E-state index contributed by atoms with van der Waals surface area (Å²) in [6.45, 7) is 2.72. The highest BCUT2D eigenvalue weighted by atomic mass is 35.5. The lowest BCUT2D eigenvalue weighted by Crippen LogP contribution is -2.21. The van der Waals surface area contributed by atoms with Crippen LogP contribution < -0.4 is 10.1 Å². The number of hydrogen-bond donors (Lipinski definition) is 1. The van der Waals surface area contributed by atoms with Crippen LogP contribution in [-0.4, -0.2) is 19.7 Å². The van der Waals surface area contributed by atoms with Crippen molar-refractivity contribution in [2.24, 2.45) is 0 Å². The predicted molar refractivity (Wildman–Crippen MR) is 74.7 cm³/mol. The second-order valence-electron chi connectivity index (χ2n) is 3.88. The van der Waals surface area contributed by atoms with Crippen LogP contribution in [0, 0.1) is 0 Å². The van der Waals surface area contributed by atoms with E-state index >= 15 is 0 Å². The highest BCUT2D eigenvalue weighted by Gasteiger charge is 2.09. The molecule has 1 atom stereocenters. The Labute approximate surface area is 117 Å². The van der Waals surface area contributed by atoms with E-state index < -0.39 is 0 Å². The lowest BCUT2D eigenvalue weighted by Gasteiger charge is -2.12. The van der Waals surface area contributed by atoms with Gasteiger partial charge in [-0.25, -0.2) is 0 Å². The summed E-state index contributed by atoms with van der Waals surface area (Å²) in [6.07, 6.45) is 1.98. The van der Waals surface area contributed by atoms with E-state index in [0.29, 0.717) is 33.5 Å². The van der Waals surface area contributed by atoms with Crippen LogP contribution in [0.4, 0.5) is 0 Å². The van der Waals surface area contributed by atoms with Crippen molar-refractivity contribution >= 4 is 34.8 Å². The Morgan fingerprint density at radius 1 is 1.24 bits per heavy atom. The fourth-order valence-electron chi connectivity index (χ4n) is 1.37. The number of nitrogens with one attached hydrogen (secondary N) is 1. The Kier molecular flexibility index (Phi) is 6.42. The fraction of sp³-hybridized carbons (Fsp3) is 0.500. The van der Waals surface area contributed by atoms with Gasteiger partial charge >= 0.3 is 0 Å². The summed E-state index contributed by atoms with van der Waals surface area (Å²) in [5.74, 6) is 0.509. The van der Waals surface area contributed by atoms with Gasteiger partial charge in [0.05, 0.1) is 16.7 Å². The molecule has 0 aliphatic rings. The second-order valence-corrected chi connectivity index (χ2v) is 5.13. The van der Waals surface area contributed by atoms with Crippen LogP contribution >= 0.6 is 34.8 Å². The lowest BCUT2D eigenvalue weighted by molar-refractivity contribution is 0.300. The Balaban J connectivity index is 2.47. The zero-order valence-electron chi connectivity index (χ0n) is 9.90. The quantitative estimate of drug-likeness (QED) is 0.785. The van der Waals surface area contributed by atoms with Gasteiger partial charge in [0.2, 0.25) is 0 Å². The van der Waals surface area contributed by atoms with E-state index in [1.54, 1.807) is 12.1 Å². The van der Waals surface area contributed by atoms with Crippen molar-refractivity contribution in [3.8, 4) is 5.75 Å². The topological polar surface area (TPSA) is 21.3 Å². The monoisotopic (exact) mass is 295 g/mol. The highest BCUT2D eigenvalue weighted by molar-refractivity contribution is 6.40. The van der Waals surface area contributed by atoms with Crippen LogP contribution in [0.1, 0.15) is 19.8 Å². The van der Waals surface area contributed by atoms with Crippen LogP contribution in [0.15, 0.2) is 12.1 Å². The molecule has 1 aromatic carbocycles. The molecule has 1 aromatic rings. The summed E-state index contributed by atoms with van der Waals surface area (Å²) in [4.78, 5) is 0. The molecule has 96 valence electrons. The third kappa shape index (κ3) is 4.92. The lowest BCUT2D eigenvalue weighted by atomic mass is 10.2. The minimum atomic E-state index is 0.448. The minimum Gasteiger partial charge on any atom is -0.490 e. The minimum absolute atomic E-state index is 0.448. The van der Waals surface area contributed by atoms with E-state index in [-0.39, 0.29) is 0 Å². The highest BCUT2D eigenvalue weighted by Crippen LogP contribution is 2.35. The molecule has 17 heavy (non-hydrogen) atoms. The molecule has 1 unspecified atom stereocenters. The Hall–Kier alpha value is -0.150. The van der Waals surface area contributed by atoms with Crippen LogP contribution in [-0.2, 0) is 0 Å². The maximum Gasteiger partial charge on any atom is 0.156 e. The van der Waals surface area contributed by atoms with E-state index in [0.717, 1.165) is 12.8 Å². The average Bonchev–Trinajstić information content (AvgIpc) is 2.26. The first-order valence-electron chi connectivity index (χ1n) is 5.49. The van der Waals surface area contributed by atoms with Gasteiger partial charge in [-0.05, 0) is 38.9 Å². The zero-order valence-corrected chi connectivity index (χ0v) is 12.2. The molecule has 0 bridgehead atoms. The molecule has 0 aliphatic heterocycles. The summed E-state index contributed by atoms with van der Waals surface area (Å²) in [7, 11) is 1.94. The number of benzene rings is 1. The molecule has 5 heteroatoms. The predicted octanol–water partition coefficient (Wildman–Crippen LogP) is 4.41. The van der Waals surface area contributed by atoms with Crippen molar-refractivity contribution in [2.75, 3.05) is 13.7 Å². The Morgan fingerprint density at radius 2 is 1.82 bits per heavy atom. The van der Waals surface area contributed by atoms with Gasteiger partial charge in [-0.15, -0.1) is 0 Å². The Morgan fingerprint density at radius 3 is 2.35 bits per heavy atom. The third-order valence-corrected chi connectivity index (χ3v) is 3.26. The zero-order chi connectivity index (χ0) is 12.8.